The first kappa shape index (κ1) is 10.3. The number of hydrogen-bond acceptors (Lipinski definition) is 1. The van der Waals surface area contributed by atoms with Crippen LogP contribution in [-0.2, 0) is 11.2 Å². The first-order valence-corrected chi connectivity index (χ1v) is 4.17. The fourth-order valence-electron chi connectivity index (χ4n) is 1.03. The van der Waals surface area contributed by atoms with Gasteiger partial charge in [0.15, 0.2) is 0 Å². The number of nitrogens with one attached hydrogen (secondary N) is 1. The molecule has 0 fully saturated rings. The molecule has 0 atom stereocenters. The summed E-state index contributed by atoms with van der Waals surface area (Å²) in [5.41, 5.74) is 0.377. The molecule has 0 bridgehead atoms. The summed E-state index contributed by atoms with van der Waals surface area (Å²) in [6.07, 6.45) is 4.98. The number of carbonyl (C=O) groups excluding carboxylic acids is 1. The molecule has 1 aromatic carbocycles. The second kappa shape index (κ2) is 5.03. The molecule has 0 aliphatic rings. The minimum Gasteiger partial charge on any atom is -0.345 e. The Morgan fingerprint density at radius 1 is 1.50 bits per heavy atom. The lowest BCUT2D eigenvalue weighted by molar-refractivity contribution is -0.120. The second-order valence-electron chi connectivity index (χ2n) is 2.75. The minimum atomic E-state index is -0.372. The number of rotatable bonds is 3. The molecule has 0 spiro atoms. The molecule has 1 N–H and O–H groups in total. The lowest BCUT2D eigenvalue weighted by Gasteiger charge is -2.02. The third kappa shape index (κ3) is 2.91. The van der Waals surface area contributed by atoms with Gasteiger partial charge >= 0.3 is 0 Å². The van der Waals surface area contributed by atoms with Crippen LogP contribution in [0, 0.1) is 18.2 Å². The maximum atomic E-state index is 13.1. The maximum absolute atomic E-state index is 13.1. The highest BCUT2D eigenvalue weighted by Crippen LogP contribution is 2.06. The van der Waals surface area contributed by atoms with E-state index >= 15 is 0 Å². The van der Waals surface area contributed by atoms with Gasteiger partial charge in [0, 0.05) is 0 Å². The van der Waals surface area contributed by atoms with E-state index in [1.165, 1.54) is 6.07 Å². The SMILES string of the molecule is C#CCNC(=O)Cc1ccccc1F. The highest BCUT2D eigenvalue weighted by atomic mass is 19.1. The lowest BCUT2D eigenvalue weighted by atomic mass is 10.1. The molecule has 1 aromatic rings. The van der Waals surface area contributed by atoms with Gasteiger partial charge < -0.3 is 5.32 Å². The van der Waals surface area contributed by atoms with Crippen molar-refractivity contribution in [3.63, 3.8) is 0 Å². The van der Waals surface area contributed by atoms with Crippen molar-refractivity contribution in [3.8, 4) is 12.3 Å². The number of hydrogen-bond donors (Lipinski definition) is 1. The monoisotopic (exact) mass is 191 g/mol. The predicted molar refractivity (Wildman–Crippen MR) is 51.9 cm³/mol. The molecular weight excluding hydrogens is 181 g/mol. The van der Waals surface area contributed by atoms with Gasteiger partial charge in [0.2, 0.25) is 5.91 Å². The van der Waals surface area contributed by atoms with Gasteiger partial charge in [-0.25, -0.2) is 4.39 Å². The highest BCUT2D eigenvalue weighted by molar-refractivity contribution is 5.78. The van der Waals surface area contributed by atoms with Crippen molar-refractivity contribution in [2.24, 2.45) is 0 Å². The van der Waals surface area contributed by atoms with Crippen LogP contribution in [0.3, 0.4) is 0 Å². The van der Waals surface area contributed by atoms with E-state index in [2.05, 4.69) is 11.2 Å². The molecule has 0 heterocycles. The molecule has 72 valence electrons. The van der Waals surface area contributed by atoms with Crippen molar-refractivity contribution in [1.29, 1.82) is 0 Å². The number of halogens is 1. The number of carbonyl (C=O) groups is 1. The molecule has 0 radical (unpaired) electrons. The summed E-state index contributed by atoms with van der Waals surface area (Å²) >= 11 is 0. The predicted octanol–water partition coefficient (Wildman–Crippen LogP) is 1.12. The standard InChI is InChI=1S/C11H10FNO/c1-2-7-13-11(14)8-9-5-3-4-6-10(9)12/h1,3-6H,7-8H2,(H,13,14). The van der Waals surface area contributed by atoms with Crippen LogP contribution in [0.15, 0.2) is 24.3 Å². The maximum Gasteiger partial charge on any atom is 0.225 e. The molecule has 1 rings (SSSR count). The van der Waals surface area contributed by atoms with Crippen LogP contribution in [0.2, 0.25) is 0 Å². The van der Waals surface area contributed by atoms with Gasteiger partial charge in [-0.05, 0) is 11.6 Å². The largest absolute Gasteiger partial charge is 0.345 e. The number of amides is 1. The van der Waals surface area contributed by atoms with E-state index in [1.807, 2.05) is 0 Å². The Kier molecular flexibility index (Phi) is 3.69. The summed E-state index contributed by atoms with van der Waals surface area (Å²) in [6, 6.07) is 6.17. The van der Waals surface area contributed by atoms with Crippen LogP contribution in [0.1, 0.15) is 5.56 Å². The van der Waals surface area contributed by atoms with Crippen molar-refractivity contribution >= 4 is 5.91 Å². The molecule has 1 amide bonds. The summed E-state index contributed by atoms with van der Waals surface area (Å²) in [6.45, 7) is 0.174. The van der Waals surface area contributed by atoms with E-state index in [0.29, 0.717) is 5.56 Å². The van der Waals surface area contributed by atoms with Crippen LogP contribution < -0.4 is 5.32 Å². The normalized spacial score (nSPS) is 9.14. The van der Waals surface area contributed by atoms with Gasteiger partial charge in [0.25, 0.3) is 0 Å². The first-order valence-electron chi connectivity index (χ1n) is 4.17. The van der Waals surface area contributed by atoms with Crippen molar-refractivity contribution < 1.29 is 9.18 Å². The van der Waals surface area contributed by atoms with Gasteiger partial charge in [-0.3, -0.25) is 4.79 Å². The zero-order valence-electron chi connectivity index (χ0n) is 7.59. The van der Waals surface area contributed by atoms with Gasteiger partial charge in [-0.2, -0.15) is 0 Å². The average molecular weight is 191 g/mol. The third-order valence-corrected chi connectivity index (χ3v) is 1.70. The van der Waals surface area contributed by atoms with E-state index in [4.69, 9.17) is 6.42 Å². The summed E-state index contributed by atoms with van der Waals surface area (Å²) in [4.78, 5) is 11.2. The van der Waals surface area contributed by atoms with E-state index in [-0.39, 0.29) is 24.7 Å². The third-order valence-electron chi connectivity index (χ3n) is 1.70. The van der Waals surface area contributed by atoms with E-state index in [0.717, 1.165) is 0 Å². The van der Waals surface area contributed by atoms with E-state index in [1.54, 1.807) is 18.2 Å². The Morgan fingerprint density at radius 3 is 2.86 bits per heavy atom. The number of benzene rings is 1. The van der Waals surface area contributed by atoms with Gasteiger partial charge in [-0.15, -0.1) is 6.42 Å². The quantitative estimate of drug-likeness (QED) is 0.713. The summed E-state index contributed by atoms with van der Waals surface area (Å²) < 4.78 is 13.1. The average Bonchev–Trinajstić information content (AvgIpc) is 2.18. The van der Waals surface area contributed by atoms with E-state index < -0.39 is 0 Å². The molecule has 0 aliphatic heterocycles. The van der Waals surface area contributed by atoms with E-state index in [9.17, 15) is 9.18 Å². The second-order valence-corrected chi connectivity index (χ2v) is 2.75. The zero-order chi connectivity index (χ0) is 10.4. The smallest absolute Gasteiger partial charge is 0.225 e. The molecule has 3 heteroatoms. The van der Waals surface area contributed by atoms with Crippen LogP contribution >= 0.6 is 0 Å². The summed E-state index contributed by atoms with van der Waals surface area (Å²) in [7, 11) is 0. The van der Waals surface area contributed by atoms with Gasteiger partial charge in [0.1, 0.15) is 5.82 Å². The molecule has 0 aliphatic carbocycles. The van der Waals surface area contributed by atoms with Gasteiger partial charge in [-0.1, -0.05) is 24.1 Å². The molecule has 14 heavy (non-hydrogen) atoms. The molecule has 0 saturated carbocycles. The zero-order valence-corrected chi connectivity index (χ0v) is 7.59. The molecule has 0 aromatic heterocycles. The van der Waals surface area contributed by atoms with Crippen LogP contribution in [0.5, 0.6) is 0 Å². The molecule has 0 saturated heterocycles. The Hall–Kier alpha value is -1.82. The van der Waals surface area contributed by atoms with Crippen LogP contribution in [0.4, 0.5) is 4.39 Å². The highest BCUT2D eigenvalue weighted by Gasteiger charge is 2.05. The molecule has 0 unspecified atom stereocenters. The van der Waals surface area contributed by atoms with Crippen molar-refractivity contribution in [2.45, 2.75) is 6.42 Å². The summed E-state index contributed by atoms with van der Waals surface area (Å²) in [5.74, 6) is 1.63. The number of terminal acetylenes is 1. The topological polar surface area (TPSA) is 29.1 Å². The Balaban J connectivity index is 2.57. The van der Waals surface area contributed by atoms with Gasteiger partial charge in [0.05, 0.1) is 13.0 Å². The Bertz CT molecular complexity index is 368. The van der Waals surface area contributed by atoms with Crippen molar-refractivity contribution in [1.82, 2.24) is 5.32 Å². The Morgan fingerprint density at radius 2 is 2.21 bits per heavy atom. The van der Waals surface area contributed by atoms with Crippen molar-refractivity contribution in [2.75, 3.05) is 6.54 Å². The fourth-order valence-corrected chi connectivity index (χ4v) is 1.03. The Labute approximate surface area is 82.1 Å². The van der Waals surface area contributed by atoms with Crippen LogP contribution in [-0.4, -0.2) is 12.5 Å². The van der Waals surface area contributed by atoms with Crippen LogP contribution in [0.25, 0.3) is 0 Å². The molecule has 2 nitrogen and oxygen atoms in total. The first-order chi connectivity index (χ1) is 6.74. The summed E-state index contributed by atoms with van der Waals surface area (Å²) in [5, 5.41) is 2.47. The lowest BCUT2D eigenvalue weighted by Crippen LogP contribution is -2.25. The fraction of sp³-hybridized carbons (Fsp3) is 0.182. The molecular formula is C11H10FNO. The van der Waals surface area contributed by atoms with Crippen molar-refractivity contribution in [3.05, 3.63) is 35.6 Å². The minimum absolute atomic E-state index is 0.0222.